The van der Waals surface area contributed by atoms with Crippen LogP contribution in [0.15, 0.2) is 22.7 Å². The quantitative estimate of drug-likeness (QED) is 0.892. The molecule has 1 aromatic carbocycles. The zero-order valence-corrected chi connectivity index (χ0v) is 11.1. The van der Waals surface area contributed by atoms with Crippen molar-refractivity contribution in [3.8, 4) is 0 Å². The highest BCUT2D eigenvalue weighted by atomic mass is 79.9. The van der Waals surface area contributed by atoms with E-state index in [1.807, 2.05) is 6.07 Å². The van der Waals surface area contributed by atoms with Crippen LogP contribution in [0.2, 0.25) is 0 Å². The summed E-state index contributed by atoms with van der Waals surface area (Å²) < 4.78 is 1.11. The minimum absolute atomic E-state index is 0.187. The molecule has 3 heteroatoms. The molecule has 0 saturated heterocycles. The summed E-state index contributed by atoms with van der Waals surface area (Å²) in [6.07, 6.45) is 3.94. The van der Waals surface area contributed by atoms with Crippen molar-refractivity contribution in [2.24, 2.45) is 0 Å². The van der Waals surface area contributed by atoms with Gasteiger partial charge in [0, 0.05) is 10.2 Å². The monoisotopic (exact) mass is 283 g/mol. The molecule has 0 amide bonds. The van der Waals surface area contributed by atoms with Gasteiger partial charge in [0.05, 0.1) is 12.1 Å². The normalized spacial score (nSPS) is 24.7. The number of anilines is 1. The first kappa shape index (κ1) is 11.9. The Morgan fingerprint density at radius 1 is 1.44 bits per heavy atom. The van der Waals surface area contributed by atoms with E-state index in [0.29, 0.717) is 0 Å². The van der Waals surface area contributed by atoms with E-state index in [0.717, 1.165) is 35.8 Å². The summed E-state index contributed by atoms with van der Waals surface area (Å²) >= 11 is 3.48. The number of aryl methyl sites for hydroxylation is 1. The largest absolute Gasteiger partial charge is 0.391 e. The molecule has 1 fully saturated rings. The Balaban J connectivity index is 2.14. The van der Waals surface area contributed by atoms with Gasteiger partial charge in [-0.3, -0.25) is 0 Å². The van der Waals surface area contributed by atoms with Gasteiger partial charge in [0.2, 0.25) is 0 Å². The van der Waals surface area contributed by atoms with Crippen molar-refractivity contribution in [2.75, 3.05) is 5.32 Å². The van der Waals surface area contributed by atoms with E-state index in [2.05, 4.69) is 40.3 Å². The minimum Gasteiger partial charge on any atom is -0.391 e. The standard InChI is InChI=1S/C13H18BrNO/c1-2-9-8-10(14)6-7-11(9)15-12-4-3-5-13(12)16/h6-8,12-13,15-16H,2-5H2,1H3/t12-,13-/m1/s1. The summed E-state index contributed by atoms with van der Waals surface area (Å²) in [6.45, 7) is 2.15. The fourth-order valence-electron chi connectivity index (χ4n) is 2.30. The maximum Gasteiger partial charge on any atom is 0.0741 e. The van der Waals surface area contributed by atoms with E-state index in [-0.39, 0.29) is 12.1 Å². The molecule has 0 unspecified atom stereocenters. The van der Waals surface area contributed by atoms with Crippen molar-refractivity contribution in [3.05, 3.63) is 28.2 Å². The summed E-state index contributed by atoms with van der Waals surface area (Å²) in [4.78, 5) is 0. The lowest BCUT2D eigenvalue weighted by atomic mass is 10.1. The molecular formula is C13H18BrNO. The number of hydrogen-bond donors (Lipinski definition) is 2. The van der Waals surface area contributed by atoms with Crippen LogP contribution < -0.4 is 5.32 Å². The second-order valence-electron chi connectivity index (χ2n) is 4.40. The van der Waals surface area contributed by atoms with E-state index in [1.165, 1.54) is 5.56 Å². The number of rotatable bonds is 3. The van der Waals surface area contributed by atoms with Crippen LogP contribution in [0.5, 0.6) is 0 Å². The highest BCUT2D eigenvalue weighted by Crippen LogP contribution is 2.27. The third-order valence-electron chi connectivity index (χ3n) is 3.27. The topological polar surface area (TPSA) is 32.3 Å². The molecule has 2 rings (SSSR count). The Morgan fingerprint density at radius 2 is 2.25 bits per heavy atom. The molecule has 2 nitrogen and oxygen atoms in total. The highest BCUT2D eigenvalue weighted by Gasteiger charge is 2.25. The molecule has 1 aliphatic rings. The molecule has 0 radical (unpaired) electrons. The Bertz CT molecular complexity index is 367. The zero-order chi connectivity index (χ0) is 11.5. The highest BCUT2D eigenvalue weighted by molar-refractivity contribution is 9.10. The second-order valence-corrected chi connectivity index (χ2v) is 5.32. The van der Waals surface area contributed by atoms with E-state index in [4.69, 9.17) is 0 Å². The fourth-order valence-corrected chi connectivity index (χ4v) is 2.71. The van der Waals surface area contributed by atoms with E-state index >= 15 is 0 Å². The van der Waals surface area contributed by atoms with Crippen LogP contribution in [-0.2, 0) is 6.42 Å². The number of benzene rings is 1. The summed E-state index contributed by atoms with van der Waals surface area (Å²) in [6, 6.07) is 6.51. The SMILES string of the molecule is CCc1cc(Br)ccc1N[C@@H]1CCC[C@H]1O. The van der Waals surface area contributed by atoms with Crippen LogP contribution in [-0.4, -0.2) is 17.3 Å². The van der Waals surface area contributed by atoms with Crippen molar-refractivity contribution in [1.82, 2.24) is 0 Å². The summed E-state index contributed by atoms with van der Waals surface area (Å²) in [5.41, 5.74) is 2.46. The van der Waals surface area contributed by atoms with Gasteiger partial charge >= 0.3 is 0 Å². The number of hydrogen-bond acceptors (Lipinski definition) is 2. The van der Waals surface area contributed by atoms with Crippen LogP contribution in [0, 0.1) is 0 Å². The van der Waals surface area contributed by atoms with Gasteiger partial charge in [0.25, 0.3) is 0 Å². The lowest BCUT2D eigenvalue weighted by molar-refractivity contribution is 0.172. The zero-order valence-electron chi connectivity index (χ0n) is 9.54. The number of halogens is 1. The molecule has 1 aromatic rings. The van der Waals surface area contributed by atoms with Crippen LogP contribution in [0.3, 0.4) is 0 Å². The number of aliphatic hydroxyl groups excluding tert-OH is 1. The summed E-state index contributed by atoms with van der Waals surface area (Å²) in [5, 5.41) is 13.3. The Kier molecular flexibility index (Phi) is 3.87. The molecule has 0 spiro atoms. The van der Waals surface area contributed by atoms with Crippen LogP contribution in [0.25, 0.3) is 0 Å². The van der Waals surface area contributed by atoms with Gasteiger partial charge < -0.3 is 10.4 Å². The molecule has 2 atom stereocenters. The first-order valence-electron chi connectivity index (χ1n) is 5.93. The maximum atomic E-state index is 9.80. The Labute approximate surface area is 105 Å². The molecule has 1 aliphatic carbocycles. The van der Waals surface area contributed by atoms with Gasteiger partial charge in [-0.05, 0) is 49.4 Å². The van der Waals surface area contributed by atoms with Crippen LogP contribution in [0.1, 0.15) is 31.7 Å². The van der Waals surface area contributed by atoms with Crippen molar-refractivity contribution in [2.45, 2.75) is 44.8 Å². The lowest BCUT2D eigenvalue weighted by Gasteiger charge is -2.20. The van der Waals surface area contributed by atoms with Gasteiger partial charge in [-0.2, -0.15) is 0 Å². The molecule has 0 aromatic heterocycles. The smallest absolute Gasteiger partial charge is 0.0741 e. The first-order valence-corrected chi connectivity index (χ1v) is 6.73. The summed E-state index contributed by atoms with van der Waals surface area (Å²) in [5.74, 6) is 0. The van der Waals surface area contributed by atoms with Crippen molar-refractivity contribution < 1.29 is 5.11 Å². The van der Waals surface area contributed by atoms with Crippen LogP contribution >= 0.6 is 15.9 Å². The van der Waals surface area contributed by atoms with E-state index in [9.17, 15) is 5.11 Å². The van der Waals surface area contributed by atoms with Crippen molar-refractivity contribution in [3.63, 3.8) is 0 Å². The van der Waals surface area contributed by atoms with E-state index < -0.39 is 0 Å². The molecule has 0 bridgehead atoms. The minimum atomic E-state index is -0.187. The molecule has 1 saturated carbocycles. The van der Waals surface area contributed by atoms with Gasteiger partial charge in [-0.15, -0.1) is 0 Å². The van der Waals surface area contributed by atoms with E-state index in [1.54, 1.807) is 0 Å². The predicted octanol–water partition coefficient (Wildman–Crippen LogP) is 3.34. The molecular weight excluding hydrogens is 266 g/mol. The maximum absolute atomic E-state index is 9.80. The average Bonchev–Trinajstić information content (AvgIpc) is 2.67. The second kappa shape index (κ2) is 5.19. The average molecular weight is 284 g/mol. The fraction of sp³-hybridized carbons (Fsp3) is 0.538. The molecule has 16 heavy (non-hydrogen) atoms. The third-order valence-corrected chi connectivity index (χ3v) is 3.76. The molecule has 0 aliphatic heterocycles. The first-order chi connectivity index (χ1) is 7.70. The third kappa shape index (κ3) is 2.58. The van der Waals surface area contributed by atoms with Crippen LogP contribution in [0.4, 0.5) is 5.69 Å². The van der Waals surface area contributed by atoms with Gasteiger partial charge in [0.15, 0.2) is 0 Å². The Hall–Kier alpha value is -0.540. The number of aliphatic hydroxyl groups is 1. The van der Waals surface area contributed by atoms with Gasteiger partial charge in [-0.25, -0.2) is 0 Å². The van der Waals surface area contributed by atoms with Gasteiger partial charge in [-0.1, -0.05) is 22.9 Å². The predicted molar refractivity (Wildman–Crippen MR) is 70.8 cm³/mol. The van der Waals surface area contributed by atoms with Crippen molar-refractivity contribution in [1.29, 1.82) is 0 Å². The lowest BCUT2D eigenvalue weighted by Crippen LogP contribution is -2.28. The van der Waals surface area contributed by atoms with Crippen molar-refractivity contribution >= 4 is 21.6 Å². The number of nitrogens with one attached hydrogen (secondary N) is 1. The molecule has 88 valence electrons. The Morgan fingerprint density at radius 3 is 2.88 bits per heavy atom. The summed E-state index contributed by atoms with van der Waals surface area (Å²) in [7, 11) is 0. The van der Waals surface area contributed by atoms with Gasteiger partial charge in [0.1, 0.15) is 0 Å². The molecule has 0 heterocycles. The molecule has 2 N–H and O–H groups in total.